The van der Waals surface area contributed by atoms with Crippen LogP contribution in [0.15, 0.2) is 72.9 Å². The van der Waals surface area contributed by atoms with Crippen molar-refractivity contribution in [2.24, 2.45) is 0 Å². The van der Waals surface area contributed by atoms with Gasteiger partial charge in [0.05, 0.1) is 24.4 Å². The fraction of sp³-hybridized carbons (Fsp3) is 0.819. The monoisotopic (exact) mass is 1210 g/mol. The predicted octanol–water partition coefficient (Wildman–Crippen LogP) is 17.0. The molecule has 10 nitrogen and oxygen atoms in total. The van der Waals surface area contributed by atoms with Crippen LogP contribution < -0.4 is 0 Å². The minimum absolute atomic E-state index is 0.129. The van der Waals surface area contributed by atoms with Gasteiger partial charge in [-0.2, -0.15) is 0 Å². The molecule has 1 rings (SSSR count). The molecule has 0 saturated carbocycles. The Balaban J connectivity index is 2.41. The Kier molecular flexibility index (Phi) is 60.1. The summed E-state index contributed by atoms with van der Waals surface area (Å²) in [4.78, 5) is 22.4. The Morgan fingerprint density at radius 2 is 0.774 bits per heavy atom. The first-order chi connectivity index (χ1) is 41.2. The van der Waals surface area contributed by atoms with Crippen molar-refractivity contribution in [2.45, 2.75) is 283 Å². The summed E-state index contributed by atoms with van der Waals surface area (Å²) in [5.74, 6) is 2.05. The average molecular weight is 1220 g/mol. The van der Waals surface area contributed by atoms with Crippen LogP contribution in [0.25, 0.3) is 0 Å². The van der Waals surface area contributed by atoms with E-state index in [2.05, 4.69) is 120 Å². The van der Waals surface area contributed by atoms with Crippen LogP contribution in [0.3, 0.4) is 0 Å². The van der Waals surface area contributed by atoms with Gasteiger partial charge in [-0.05, 0) is 122 Å². The highest BCUT2D eigenvalue weighted by atomic mass is 33.1. The Morgan fingerprint density at radius 3 is 1.20 bits per heavy atom. The van der Waals surface area contributed by atoms with Crippen molar-refractivity contribution in [2.75, 3.05) is 96.6 Å². The van der Waals surface area contributed by atoms with E-state index in [9.17, 15) is 25.2 Å². The molecule has 2 unspecified atom stereocenters. The largest absolute Gasteiger partial charge is 0.464 e. The summed E-state index contributed by atoms with van der Waals surface area (Å²) in [6, 6.07) is 0. The van der Waals surface area contributed by atoms with Crippen LogP contribution in [0.5, 0.6) is 0 Å². The Hall–Kier alpha value is -1.71. The molecule has 490 valence electrons. The number of allylic oxidation sites excluding steroid dienone is 12. The SMILES string of the molecule is CC/C=C\C/C=C\C/C=C\CCCCCC[C@@H](O)CN(CCCCC(=O)OCCN1CCN(CCSSCCCN(CC(O)CCCCCCCC)CC(O)CCCCCCCC)CC1)C[C@H](O)CCCCCC/C=C\C/C=C\C/C=C\CC. The number of unbranched alkanes of at least 4 members (excludes halogenated alkanes) is 19. The minimum atomic E-state index is -0.419. The zero-order valence-electron chi connectivity index (χ0n) is 55.0. The van der Waals surface area contributed by atoms with Crippen LogP contribution in [-0.2, 0) is 9.53 Å². The quantitative estimate of drug-likeness (QED) is 0.0201. The molecule has 1 fully saturated rings. The lowest BCUT2D eigenvalue weighted by Gasteiger charge is -2.34. The van der Waals surface area contributed by atoms with Gasteiger partial charge in [0.25, 0.3) is 0 Å². The van der Waals surface area contributed by atoms with Crippen LogP contribution in [0, 0.1) is 0 Å². The third-order valence-corrected chi connectivity index (χ3v) is 18.5. The van der Waals surface area contributed by atoms with E-state index >= 15 is 0 Å². The molecule has 0 amide bonds. The molecule has 84 heavy (non-hydrogen) atoms. The second-order valence-corrected chi connectivity index (χ2v) is 26.9. The molecule has 1 aliphatic heterocycles. The summed E-state index contributed by atoms with van der Waals surface area (Å²) in [5.41, 5.74) is 0. The van der Waals surface area contributed by atoms with E-state index < -0.39 is 12.2 Å². The van der Waals surface area contributed by atoms with E-state index in [4.69, 9.17) is 4.74 Å². The first-order valence-electron chi connectivity index (χ1n) is 35.1. The average Bonchev–Trinajstić information content (AvgIpc) is 3.51. The maximum atomic E-state index is 12.8. The zero-order valence-corrected chi connectivity index (χ0v) is 56.6. The molecule has 1 saturated heterocycles. The molecule has 4 atom stereocenters. The van der Waals surface area contributed by atoms with Crippen molar-refractivity contribution < 1.29 is 30.0 Å². The number of carbonyl (C=O) groups is 1. The van der Waals surface area contributed by atoms with Crippen molar-refractivity contribution >= 4 is 27.6 Å². The summed E-state index contributed by atoms with van der Waals surface area (Å²) >= 11 is 0. The van der Waals surface area contributed by atoms with Gasteiger partial charge in [-0.3, -0.25) is 24.4 Å². The number of nitrogens with zero attached hydrogens (tertiary/aromatic N) is 4. The maximum absolute atomic E-state index is 12.8. The first kappa shape index (κ1) is 80.3. The van der Waals surface area contributed by atoms with Crippen molar-refractivity contribution in [3.05, 3.63) is 72.9 Å². The Morgan fingerprint density at radius 1 is 0.417 bits per heavy atom. The second-order valence-electron chi connectivity index (χ2n) is 24.2. The summed E-state index contributed by atoms with van der Waals surface area (Å²) in [6.07, 6.45) is 64.1. The van der Waals surface area contributed by atoms with E-state index in [1.165, 1.54) is 89.9 Å². The standard InChI is InChI=1S/C72H134N4O6S2/c1-5-9-13-17-21-23-25-27-29-31-33-35-39-43-50-68(77)64-75(65-69(78)51-44-40-36-34-32-30-28-26-24-22-18-14-10-6-2)53-46-45-52-72(81)82-61-59-73-55-57-74(58-56-73)60-63-84-83-62-47-54-76(66-70(79)48-41-37-19-15-11-7-3)67-71(80)49-42-38-20-16-12-8-4/h9-10,13-14,21-24,27-30,68-71,77-80H,5-8,11-12,15-20,25-26,31-67H2,1-4H3/b13-9-,14-10-,23-21-,24-22-,29-27-,30-28-/t68-,69-,70?,71?/m1/s1. The number of aliphatic hydroxyl groups excluding tert-OH is 4. The third kappa shape index (κ3) is 55.6. The fourth-order valence-electron chi connectivity index (χ4n) is 10.9. The van der Waals surface area contributed by atoms with Crippen molar-refractivity contribution in [1.82, 2.24) is 19.6 Å². The number of piperazine rings is 1. The molecule has 0 radical (unpaired) electrons. The van der Waals surface area contributed by atoms with Crippen LogP contribution in [0.2, 0.25) is 0 Å². The number of esters is 1. The van der Waals surface area contributed by atoms with Crippen molar-refractivity contribution in [1.29, 1.82) is 0 Å². The van der Waals surface area contributed by atoms with Gasteiger partial charge in [0, 0.05) is 83.4 Å². The molecular weight excluding hydrogens is 1080 g/mol. The number of ether oxygens (including phenoxy) is 1. The number of rotatable bonds is 62. The molecular formula is C72H134N4O6S2. The molecule has 0 spiro atoms. The number of aliphatic hydroxyl groups is 4. The Bertz CT molecular complexity index is 1510. The first-order valence-corrected chi connectivity index (χ1v) is 37.6. The van der Waals surface area contributed by atoms with Gasteiger partial charge in [0.15, 0.2) is 0 Å². The van der Waals surface area contributed by atoms with Gasteiger partial charge in [0.2, 0.25) is 0 Å². The fourth-order valence-corrected chi connectivity index (χ4v) is 13.0. The van der Waals surface area contributed by atoms with Gasteiger partial charge in [0.1, 0.15) is 6.61 Å². The van der Waals surface area contributed by atoms with Gasteiger partial charge in [-0.15, -0.1) is 0 Å². The molecule has 0 aromatic rings. The molecule has 0 bridgehead atoms. The van der Waals surface area contributed by atoms with Crippen LogP contribution in [0.4, 0.5) is 0 Å². The molecule has 1 aliphatic rings. The normalized spacial score (nSPS) is 15.5. The smallest absolute Gasteiger partial charge is 0.305 e. The zero-order chi connectivity index (χ0) is 60.9. The highest BCUT2D eigenvalue weighted by Crippen LogP contribution is 2.23. The number of hydrogen-bond donors (Lipinski definition) is 4. The van der Waals surface area contributed by atoms with Gasteiger partial charge < -0.3 is 25.2 Å². The van der Waals surface area contributed by atoms with E-state index in [0.29, 0.717) is 39.2 Å². The molecule has 0 aromatic carbocycles. The molecule has 12 heteroatoms. The predicted molar refractivity (Wildman–Crippen MR) is 369 cm³/mol. The molecule has 0 aliphatic carbocycles. The van der Waals surface area contributed by atoms with Crippen LogP contribution in [0.1, 0.15) is 259 Å². The van der Waals surface area contributed by atoms with E-state index in [0.717, 1.165) is 199 Å². The van der Waals surface area contributed by atoms with Crippen molar-refractivity contribution in [3.63, 3.8) is 0 Å². The highest BCUT2D eigenvalue weighted by Gasteiger charge is 2.20. The summed E-state index contributed by atoms with van der Waals surface area (Å²) in [6.45, 7) is 19.3. The van der Waals surface area contributed by atoms with E-state index in [1.807, 2.05) is 21.6 Å². The molecule has 1 heterocycles. The molecule has 0 aromatic heterocycles. The van der Waals surface area contributed by atoms with Gasteiger partial charge in [-0.1, -0.05) is 238 Å². The Labute approximate surface area is 527 Å². The van der Waals surface area contributed by atoms with E-state index in [-0.39, 0.29) is 18.2 Å². The van der Waals surface area contributed by atoms with Gasteiger partial charge >= 0.3 is 5.97 Å². The third-order valence-electron chi connectivity index (χ3n) is 16.1. The number of carbonyl (C=O) groups excluding carboxylic acids is 1. The summed E-state index contributed by atoms with van der Waals surface area (Å²) in [5, 5.41) is 44.1. The van der Waals surface area contributed by atoms with Crippen LogP contribution in [-0.4, -0.2) is 167 Å². The lowest BCUT2D eigenvalue weighted by atomic mass is 10.1. The minimum Gasteiger partial charge on any atom is -0.464 e. The number of hydrogen-bond acceptors (Lipinski definition) is 12. The lowest BCUT2D eigenvalue weighted by Crippen LogP contribution is -2.47. The van der Waals surface area contributed by atoms with Crippen molar-refractivity contribution in [3.8, 4) is 0 Å². The highest BCUT2D eigenvalue weighted by molar-refractivity contribution is 8.76. The summed E-state index contributed by atoms with van der Waals surface area (Å²) in [7, 11) is 3.93. The topological polar surface area (TPSA) is 120 Å². The lowest BCUT2D eigenvalue weighted by molar-refractivity contribution is -0.144. The molecule has 4 N–H and O–H groups in total. The van der Waals surface area contributed by atoms with Gasteiger partial charge in [-0.25, -0.2) is 0 Å². The second kappa shape index (κ2) is 62.9. The summed E-state index contributed by atoms with van der Waals surface area (Å²) < 4.78 is 5.73. The van der Waals surface area contributed by atoms with Crippen LogP contribution >= 0.6 is 21.6 Å². The van der Waals surface area contributed by atoms with E-state index in [1.54, 1.807) is 0 Å². The maximum Gasteiger partial charge on any atom is 0.305 e.